The lowest BCUT2D eigenvalue weighted by Gasteiger charge is -2.35. The first kappa shape index (κ1) is 32.5. The van der Waals surface area contributed by atoms with Gasteiger partial charge in [0.15, 0.2) is 0 Å². The molecule has 7 aromatic rings. The molecule has 266 valence electrons. The molecular weight excluding hydrogens is 663 g/mol. The van der Waals surface area contributed by atoms with Crippen molar-refractivity contribution in [1.29, 1.82) is 0 Å². The first-order valence-electron chi connectivity index (χ1n) is 20.5. The fourth-order valence-electron chi connectivity index (χ4n) is 11.0. The summed E-state index contributed by atoms with van der Waals surface area (Å²) in [4.78, 5) is 2.67. The van der Waals surface area contributed by atoms with Crippen LogP contribution >= 0.6 is 0 Å². The second kappa shape index (κ2) is 12.8. The van der Waals surface area contributed by atoms with Gasteiger partial charge in [-0.15, -0.1) is 0 Å². The summed E-state index contributed by atoms with van der Waals surface area (Å²) in [6.07, 6.45) is 10.4. The van der Waals surface area contributed by atoms with Gasteiger partial charge in [0.1, 0.15) is 0 Å². The molecule has 1 heteroatoms. The predicted octanol–water partition coefficient (Wildman–Crippen LogP) is 14.1. The van der Waals surface area contributed by atoms with Gasteiger partial charge in [0, 0.05) is 22.8 Å². The Morgan fingerprint density at radius 2 is 1.36 bits per heavy atom. The first-order valence-corrected chi connectivity index (χ1v) is 20.5. The highest BCUT2D eigenvalue weighted by Gasteiger charge is 2.59. The number of hydrogen-bond acceptors (Lipinski definition) is 1. The average molecular weight is 708 g/mol. The molecule has 0 saturated carbocycles. The molecule has 0 heterocycles. The standard InChI is InChI=1S/C54H45N/c1-2-14-40(55(51-28-11-19-39-18-6-7-21-42(39)51)41-32-30-38(31-33-41)37-16-4-3-5-17-37)20-10-15-36-29-34-44-46-24-13-26-48-47-25-12-23-45-43-22-8-9-27-49(43)54(52(45)47,53(46)48)50(44)35-36/h3-9,11,13,16-19,21-22,24-35,40H,2,10,12,14-15,20,23H2,1H3. The maximum absolute atomic E-state index is 2.67. The van der Waals surface area contributed by atoms with Crippen LogP contribution in [-0.2, 0) is 11.8 Å². The van der Waals surface area contributed by atoms with E-state index in [9.17, 15) is 0 Å². The monoisotopic (exact) mass is 707 g/mol. The largest absolute Gasteiger partial charge is 0.338 e. The Morgan fingerprint density at radius 1 is 0.618 bits per heavy atom. The first-order chi connectivity index (χ1) is 27.3. The molecule has 1 nitrogen and oxygen atoms in total. The molecule has 0 saturated heterocycles. The van der Waals surface area contributed by atoms with E-state index in [0.717, 1.165) is 44.9 Å². The molecule has 55 heavy (non-hydrogen) atoms. The van der Waals surface area contributed by atoms with Crippen molar-refractivity contribution in [3.05, 3.63) is 203 Å². The zero-order valence-electron chi connectivity index (χ0n) is 31.6. The van der Waals surface area contributed by atoms with Gasteiger partial charge in [-0.2, -0.15) is 0 Å². The van der Waals surface area contributed by atoms with Crippen LogP contribution in [0.4, 0.5) is 11.4 Å². The van der Waals surface area contributed by atoms with Crippen LogP contribution in [0.3, 0.4) is 0 Å². The van der Waals surface area contributed by atoms with E-state index in [-0.39, 0.29) is 5.41 Å². The van der Waals surface area contributed by atoms with Crippen molar-refractivity contribution in [3.8, 4) is 22.3 Å². The third kappa shape index (κ3) is 4.78. The quantitative estimate of drug-likeness (QED) is 0.137. The highest BCUT2D eigenvalue weighted by atomic mass is 15.2. The highest BCUT2D eigenvalue weighted by Crippen LogP contribution is 2.71. The number of fused-ring (bicyclic) bond motifs is 6. The molecule has 11 rings (SSSR count). The van der Waals surface area contributed by atoms with Gasteiger partial charge < -0.3 is 4.90 Å². The molecule has 2 atom stereocenters. The topological polar surface area (TPSA) is 3.24 Å². The molecule has 4 aliphatic rings. The average Bonchev–Trinajstić information content (AvgIpc) is 3.84. The van der Waals surface area contributed by atoms with Crippen molar-refractivity contribution in [3.63, 3.8) is 0 Å². The van der Waals surface area contributed by atoms with E-state index < -0.39 is 0 Å². The van der Waals surface area contributed by atoms with Crippen LogP contribution in [-0.4, -0.2) is 6.04 Å². The van der Waals surface area contributed by atoms with Gasteiger partial charge in [-0.3, -0.25) is 0 Å². The van der Waals surface area contributed by atoms with Gasteiger partial charge in [0.05, 0.1) is 5.41 Å². The van der Waals surface area contributed by atoms with Gasteiger partial charge in [0.2, 0.25) is 0 Å². The minimum Gasteiger partial charge on any atom is -0.338 e. The normalized spacial score (nSPS) is 17.4. The molecule has 4 aliphatic carbocycles. The van der Waals surface area contributed by atoms with Crippen molar-refractivity contribution in [2.45, 2.75) is 63.3 Å². The van der Waals surface area contributed by atoms with Crippen molar-refractivity contribution in [2.75, 3.05) is 4.90 Å². The van der Waals surface area contributed by atoms with Gasteiger partial charge in [-0.05, 0) is 134 Å². The van der Waals surface area contributed by atoms with E-state index >= 15 is 0 Å². The molecule has 0 N–H and O–H groups in total. The molecule has 0 aliphatic heterocycles. The number of rotatable bonds is 10. The Labute approximate surface area is 325 Å². The summed E-state index contributed by atoms with van der Waals surface area (Å²) in [5.74, 6) is 0. The van der Waals surface area contributed by atoms with Gasteiger partial charge in [-0.1, -0.05) is 159 Å². The van der Waals surface area contributed by atoms with E-state index in [0.29, 0.717) is 6.04 Å². The minimum absolute atomic E-state index is 0.169. The highest BCUT2D eigenvalue weighted by molar-refractivity contribution is 6.11. The number of aryl methyl sites for hydroxylation is 1. The van der Waals surface area contributed by atoms with Crippen LogP contribution in [0.2, 0.25) is 0 Å². The van der Waals surface area contributed by atoms with E-state index in [4.69, 9.17) is 0 Å². The number of benzene rings is 7. The summed E-state index contributed by atoms with van der Waals surface area (Å²) in [6, 6.07) is 60.0. The van der Waals surface area contributed by atoms with Crippen molar-refractivity contribution in [1.82, 2.24) is 0 Å². The lowest BCUT2D eigenvalue weighted by molar-refractivity contribution is 0.529. The SMILES string of the molecule is CCCC(CCCc1ccc2c(c1)C13C4=C(CCC=C4c4cccc-2c41)c1ccccc13)N(c1ccc(-c2ccccc2)cc1)c1cccc2ccccc12. The van der Waals surface area contributed by atoms with Gasteiger partial charge >= 0.3 is 0 Å². The van der Waals surface area contributed by atoms with Crippen molar-refractivity contribution >= 4 is 33.3 Å². The summed E-state index contributed by atoms with van der Waals surface area (Å²) in [7, 11) is 0. The number of allylic oxidation sites excluding steroid dienone is 4. The molecule has 0 fully saturated rings. The summed E-state index contributed by atoms with van der Waals surface area (Å²) >= 11 is 0. The molecule has 7 aromatic carbocycles. The molecule has 0 radical (unpaired) electrons. The predicted molar refractivity (Wildman–Crippen MR) is 232 cm³/mol. The molecule has 0 bridgehead atoms. The zero-order valence-corrected chi connectivity index (χ0v) is 31.6. The summed E-state index contributed by atoms with van der Waals surface area (Å²) in [5.41, 5.74) is 21.4. The fraction of sp³-hybridized carbons (Fsp3) is 0.185. The smallest absolute Gasteiger partial charge is 0.0734 e. The maximum Gasteiger partial charge on any atom is 0.0734 e. The van der Waals surface area contributed by atoms with Crippen LogP contribution in [0, 0.1) is 0 Å². The number of anilines is 2. The number of hydrogen-bond donors (Lipinski definition) is 0. The maximum atomic E-state index is 2.67. The van der Waals surface area contributed by atoms with Crippen molar-refractivity contribution < 1.29 is 0 Å². The van der Waals surface area contributed by atoms with Crippen LogP contribution in [0.1, 0.15) is 78.8 Å². The summed E-state index contributed by atoms with van der Waals surface area (Å²) in [5, 5.41) is 2.60. The van der Waals surface area contributed by atoms with Crippen molar-refractivity contribution in [2.24, 2.45) is 0 Å². The van der Waals surface area contributed by atoms with Gasteiger partial charge in [-0.25, -0.2) is 0 Å². The fourth-order valence-corrected chi connectivity index (χ4v) is 11.0. The van der Waals surface area contributed by atoms with Gasteiger partial charge in [0.25, 0.3) is 0 Å². The second-order valence-electron chi connectivity index (χ2n) is 16.0. The lowest BCUT2D eigenvalue weighted by atomic mass is 9.72. The van der Waals surface area contributed by atoms with Crippen LogP contribution in [0.25, 0.3) is 44.2 Å². The van der Waals surface area contributed by atoms with E-state index in [2.05, 4.69) is 176 Å². The molecule has 0 aromatic heterocycles. The molecular formula is C54H45N. The molecule has 1 spiro atoms. The molecule has 0 amide bonds. The lowest BCUT2D eigenvalue weighted by Crippen LogP contribution is -2.31. The second-order valence-corrected chi connectivity index (χ2v) is 16.0. The summed E-state index contributed by atoms with van der Waals surface area (Å²) < 4.78 is 0. The van der Waals surface area contributed by atoms with E-state index in [1.807, 2.05) is 0 Å². The van der Waals surface area contributed by atoms with E-state index in [1.165, 1.54) is 77.8 Å². The Morgan fingerprint density at radius 3 is 2.25 bits per heavy atom. The Balaban J connectivity index is 0.950. The van der Waals surface area contributed by atoms with E-state index in [1.54, 1.807) is 16.7 Å². The van der Waals surface area contributed by atoms with Crippen LogP contribution in [0.15, 0.2) is 169 Å². The van der Waals surface area contributed by atoms with Crippen LogP contribution < -0.4 is 4.90 Å². The Hall–Kier alpha value is -5.92. The Bertz CT molecular complexity index is 2690. The minimum atomic E-state index is -0.169. The Kier molecular flexibility index (Phi) is 7.59. The third-order valence-electron chi connectivity index (χ3n) is 13.1. The summed E-state index contributed by atoms with van der Waals surface area (Å²) in [6.45, 7) is 2.34. The third-order valence-corrected chi connectivity index (χ3v) is 13.1. The van der Waals surface area contributed by atoms with Crippen LogP contribution in [0.5, 0.6) is 0 Å². The number of nitrogens with zero attached hydrogens (tertiary/aromatic N) is 1. The molecule has 2 unspecified atom stereocenters. The zero-order chi connectivity index (χ0) is 36.5.